The second kappa shape index (κ2) is 12.0. The summed E-state index contributed by atoms with van der Waals surface area (Å²) < 4.78 is 11.2. The maximum absolute atomic E-state index is 6.45. The normalized spacial score (nSPS) is 11.9. The van der Waals surface area contributed by atoms with Crippen LogP contribution >= 0.6 is 0 Å². The summed E-state index contributed by atoms with van der Waals surface area (Å²) in [5.41, 5.74) is 11.9. The Balaban J connectivity index is 1.07. The Labute approximate surface area is 322 Å². The third-order valence-corrected chi connectivity index (χ3v) is 11.5. The van der Waals surface area contributed by atoms with Crippen molar-refractivity contribution in [3.8, 4) is 11.4 Å². The van der Waals surface area contributed by atoms with Crippen molar-refractivity contribution in [1.82, 2.24) is 9.13 Å². The summed E-state index contributed by atoms with van der Waals surface area (Å²) in [5.74, 6) is 0. The summed E-state index contributed by atoms with van der Waals surface area (Å²) in [5, 5.41) is 9.64. The SMILES string of the molecule is c1ccc(-n2c3ccccc3c3cc(N(c4ccc(-n5c6ccccc6c6ccc7ccccc7c65)cc4)c4ccc5c(c4)oc4ccccc45)ccc32)cc1. The molecule has 0 saturated heterocycles. The Hall–Kier alpha value is -7.56. The molecule has 4 heteroatoms. The molecule has 0 amide bonds. The van der Waals surface area contributed by atoms with E-state index in [-0.39, 0.29) is 0 Å². The number of anilines is 3. The number of benzene rings is 9. The first-order valence-electron chi connectivity index (χ1n) is 19.1. The summed E-state index contributed by atoms with van der Waals surface area (Å²) in [6.45, 7) is 0. The summed E-state index contributed by atoms with van der Waals surface area (Å²) >= 11 is 0. The molecule has 0 saturated carbocycles. The van der Waals surface area contributed by atoms with Gasteiger partial charge >= 0.3 is 0 Å². The van der Waals surface area contributed by atoms with Crippen LogP contribution in [0.5, 0.6) is 0 Å². The van der Waals surface area contributed by atoms with Crippen molar-refractivity contribution in [2.24, 2.45) is 0 Å². The van der Waals surface area contributed by atoms with E-state index in [1.165, 1.54) is 54.4 Å². The number of hydrogen-bond acceptors (Lipinski definition) is 2. The zero-order chi connectivity index (χ0) is 36.7. The number of aromatic nitrogens is 2. The summed E-state index contributed by atoms with van der Waals surface area (Å²) in [6.07, 6.45) is 0. The molecule has 0 aliphatic heterocycles. The van der Waals surface area contributed by atoms with E-state index < -0.39 is 0 Å². The highest BCUT2D eigenvalue weighted by Crippen LogP contribution is 2.43. The van der Waals surface area contributed by atoms with Crippen molar-refractivity contribution in [2.75, 3.05) is 4.90 Å². The minimum absolute atomic E-state index is 0.865. The van der Waals surface area contributed by atoms with Gasteiger partial charge in [0.15, 0.2) is 0 Å². The summed E-state index contributed by atoms with van der Waals surface area (Å²) in [6, 6.07) is 72.0. The minimum Gasteiger partial charge on any atom is -0.456 e. The molecule has 0 radical (unpaired) electrons. The number of nitrogens with zero attached hydrogens (tertiary/aromatic N) is 3. The molecule has 56 heavy (non-hydrogen) atoms. The van der Waals surface area contributed by atoms with Gasteiger partial charge in [0, 0.05) is 72.2 Å². The molecule has 262 valence electrons. The predicted octanol–water partition coefficient (Wildman–Crippen LogP) is 14.4. The van der Waals surface area contributed by atoms with Crippen LogP contribution in [0.3, 0.4) is 0 Å². The second-order valence-corrected chi connectivity index (χ2v) is 14.6. The maximum Gasteiger partial charge on any atom is 0.137 e. The third-order valence-electron chi connectivity index (χ3n) is 11.5. The van der Waals surface area contributed by atoms with Gasteiger partial charge in [-0.2, -0.15) is 0 Å². The van der Waals surface area contributed by atoms with Crippen LogP contribution in [0.1, 0.15) is 0 Å². The van der Waals surface area contributed by atoms with E-state index in [1.54, 1.807) is 0 Å². The maximum atomic E-state index is 6.45. The standard InChI is InChI=1S/C52H33N3O/c1-2-13-35(14-3-1)54-47-19-9-7-17-42(47)46-32-38(28-31-49(46)54)53(39-27-30-44-43-18-8-11-21-50(43)56-51(44)33-39)36-23-25-37(26-24-36)55-48-20-10-6-16-41(48)45-29-22-34-12-4-5-15-40(34)52(45)55/h1-33H. The zero-order valence-electron chi connectivity index (χ0n) is 30.3. The molecule has 0 fully saturated rings. The first-order chi connectivity index (χ1) is 27.8. The lowest BCUT2D eigenvalue weighted by molar-refractivity contribution is 0.669. The van der Waals surface area contributed by atoms with Gasteiger partial charge in [-0.05, 0) is 90.3 Å². The molecule has 12 aromatic rings. The Bertz CT molecular complexity index is 3480. The molecule has 3 aromatic heterocycles. The van der Waals surface area contributed by atoms with E-state index in [1.807, 2.05) is 12.1 Å². The van der Waals surface area contributed by atoms with Gasteiger partial charge in [0.25, 0.3) is 0 Å². The lowest BCUT2D eigenvalue weighted by Gasteiger charge is -2.26. The highest BCUT2D eigenvalue weighted by atomic mass is 16.3. The number of para-hydroxylation sites is 4. The fraction of sp³-hybridized carbons (Fsp3) is 0. The molecule has 0 unspecified atom stereocenters. The number of fused-ring (bicyclic) bond motifs is 11. The molecule has 0 N–H and O–H groups in total. The molecular weight excluding hydrogens is 683 g/mol. The van der Waals surface area contributed by atoms with Gasteiger partial charge in [0.2, 0.25) is 0 Å². The van der Waals surface area contributed by atoms with Crippen molar-refractivity contribution < 1.29 is 4.42 Å². The molecule has 3 heterocycles. The van der Waals surface area contributed by atoms with Crippen LogP contribution in [0.4, 0.5) is 17.1 Å². The van der Waals surface area contributed by atoms with Crippen molar-refractivity contribution in [3.05, 3.63) is 200 Å². The van der Waals surface area contributed by atoms with E-state index in [0.29, 0.717) is 0 Å². The predicted molar refractivity (Wildman–Crippen MR) is 235 cm³/mol. The molecule has 0 aliphatic carbocycles. The van der Waals surface area contributed by atoms with Gasteiger partial charge in [-0.3, -0.25) is 0 Å². The number of rotatable bonds is 5. The van der Waals surface area contributed by atoms with Gasteiger partial charge in [-0.15, -0.1) is 0 Å². The Morgan fingerprint density at radius 1 is 0.321 bits per heavy atom. The van der Waals surface area contributed by atoms with Gasteiger partial charge in [0.05, 0.1) is 22.1 Å². The minimum atomic E-state index is 0.865. The van der Waals surface area contributed by atoms with Crippen LogP contribution in [0, 0.1) is 0 Å². The molecule has 4 nitrogen and oxygen atoms in total. The van der Waals surface area contributed by atoms with Gasteiger partial charge < -0.3 is 18.5 Å². The lowest BCUT2D eigenvalue weighted by Crippen LogP contribution is -2.10. The second-order valence-electron chi connectivity index (χ2n) is 14.6. The van der Waals surface area contributed by atoms with Gasteiger partial charge in [0.1, 0.15) is 11.2 Å². The quantitative estimate of drug-likeness (QED) is 0.177. The van der Waals surface area contributed by atoms with Gasteiger partial charge in [-0.25, -0.2) is 0 Å². The Morgan fingerprint density at radius 3 is 1.70 bits per heavy atom. The monoisotopic (exact) mass is 715 g/mol. The highest BCUT2D eigenvalue weighted by molar-refractivity contribution is 6.18. The summed E-state index contributed by atoms with van der Waals surface area (Å²) in [4.78, 5) is 2.35. The van der Waals surface area contributed by atoms with Crippen molar-refractivity contribution in [2.45, 2.75) is 0 Å². The molecule has 9 aromatic carbocycles. The molecular formula is C52H33N3O. The third kappa shape index (κ3) is 4.53. The topological polar surface area (TPSA) is 26.2 Å². The van der Waals surface area contributed by atoms with Crippen LogP contribution in [-0.4, -0.2) is 9.13 Å². The summed E-state index contributed by atoms with van der Waals surface area (Å²) in [7, 11) is 0. The highest BCUT2D eigenvalue weighted by Gasteiger charge is 2.20. The smallest absolute Gasteiger partial charge is 0.137 e. The zero-order valence-corrected chi connectivity index (χ0v) is 30.3. The van der Waals surface area contributed by atoms with Crippen LogP contribution in [-0.2, 0) is 0 Å². The average Bonchev–Trinajstić information content (AvgIpc) is 3.92. The van der Waals surface area contributed by atoms with E-state index in [0.717, 1.165) is 50.4 Å². The fourth-order valence-corrected chi connectivity index (χ4v) is 9.01. The first-order valence-corrected chi connectivity index (χ1v) is 19.1. The molecule has 12 rings (SSSR count). The van der Waals surface area contributed by atoms with E-state index in [9.17, 15) is 0 Å². The molecule has 0 aliphatic rings. The van der Waals surface area contributed by atoms with E-state index >= 15 is 0 Å². The first kappa shape index (κ1) is 30.9. The van der Waals surface area contributed by atoms with Crippen LogP contribution < -0.4 is 4.90 Å². The van der Waals surface area contributed by atoms with Crippen LogP contribution in [0.15, 0.2) is 205 Å². The van der Waals surface area contributed by atoms with Crippen molar-refractivity contribution >= 4 is 93.4 Å². The molecule has 0 bridgehead atoms. The lowest BCUT2D eigenvalue weighted by atomic mass is 10.1. The molecule has 0 atom stereocenters. The number of hydrogen-bond donors (Lipinski definition) is 0. The molecule has 0 spiro atoms. The van der Waals surface area contributed by atoms with E-state index in [4.69, 9.17) is 4.42 Å². The van der Waals surface area contributed by atoms with Crippen molar-refractivity contribution in [1.29, 1.82) is 0 Å². The van der Waals surface area contributed by atoms with Crippen molar-refractivity contribution in [3.63, 3.8) is 0 Å². The van der Waals surface area contributed by atoms with Gasteiger partial charge in [-0.1, -0.05) is 109 Å². The Morgan fingerprint density at radius 2 is 0.875 bits per heavy atom. The number of furan rings is 1. The van der Waals surface area contributed by atoms with Crippen LogP contribution in [0.2, 0.25) is 0 Å². The van der Waals surface area contributed by atoms with E-state index in [2.05, 4.69) is 202 Å². The average molecular weight is 716 g/mol. The Kier molecular flexibility index (Phi) is 6.60. The van der Waals surface area contributed by atoms with Crippen LogP contribution in [0.25, 0.3) is 87.7 Å². The largest absolute Gasteiger partial charge is 0.456 e. The fourth-order valence-electron chi connectivity index (χ4n) is 9.01.